The minimum absolute atomic E-state index is 0.213. The van der Waals surface area contributed by atoms with E-state index in [4.69, 9.17) is 14.2 Å². The lowest BCUT2D eigenvalue weighted by Crippen LogP contribution is -2.29. The summed E-state index contributed by atoms with van der Waals surface area (Å²) in [5.74, 6) is -1.10. The van der Waals surface area contributed by atoms with Crippen LogP contribution in [-0.2, 0) is 9.53 Å². The molecule has 0 aliphatic carbocycles. The number of hydrogen-bond acceptors (Lipinski definition) is 6. The van der Waals surface area contributed by atoms with Gasteiger partial charge in [-0.1, -0.05) is 0 Å². The van der Waals surface area contributed by atoms with Gasteiger partial charge < -0.3 is 14.2 Å². The van der Waals surface area contributed by atoms with Crippen LogP contribution in [0.4, 0.5) is 5.69 Å². The Balaban J connectivity index is 2.46. The van der Waals surface area contributed by atoms with Gasteiger partial charge in [-0.25, -0.2) is 0 Å². The summed E-state index contributed by atoms with van der Waals surface area (Å²) in [4.78, 5) is 28.2. The van der Waals surface area contributed by atoms with Crippen LogP contribution >= 0.6 is 0 Å². The molecule has 1 atom stereocenters. The Morgan fingerprint density at radius 3 is 2.65 bits per heavy atom. The number of hydrogen-bond donors (Lipinski definition) is 0. The number of carbonyl (C=O) groups excluding carboxylic acids is 2. The molecule has 0 spiro atoms. The Morgan fingerprint density at radius 1 is 1.30 bits per heavy atom. The van der Waals surface area contributed by atoms with E-state index in [-0.39, 0.29) is 12.4 Å². The van der Waals surface area contributed by atoms with Crippen molar-refractivity contribution in [3.63, 3.8) is 0 Å². The molecular formula is C14H15NO5. The third kappa shape index (κ3) is 2.36. The van der Waals surface area contributed by atoms with Crippen LogP contribution in [0.5, 0.6) is 11.5 Å². The number of fused-ring (bicyclic) bond motifs is 1. The summed E-state index contributed by atoms with van der Waals surface area (Å²) in [6.45, 7) is 1.90. The van der Waals surface area contributed by atoms with Gasteiger partial charge in [-0.15, -0.1) is 0 Å². The first-order valence-corrected chi connectivity index (χ1v) is 6.13. The molecule has 6 nitrogen and oxygen atoms in total. The number of rotatable bonds is 4. The zero-order valence-electron chi connectivity index (χ0n) is 11.5. The topological polar surface area (TPSA) is 74.2 Å². The van der Waals surface area contributed by atoms with Crippen LogP contribution < -0.4 is 9.47 Å². The Morgan fingerprint density at radius 2 is 2.05 bits per heavy atom. The molecule has 1 aliphatic rings. The molecule has 1 unspecified atom stereocenters. The predicted octanol–water partition coefficient (Wildman–Crippen LogP) is 1.78. The Kier molecular flexibility index (Phi) is 4.02. The highest BCUT2D eigenvalue weighted by molar-refractivity contribution is 6.23. The molecule has 2 rings (SSSR count). The molecule has 6 heteroatoms. The van der Waals surface area contributed by atoms with E-state index >= 15 is 0 Å². The molecule has 1 aliphatic heterocycles. The van der Waals surface area contributed by atoms with Crippen molar-refractivity contribution in [2.75, 3.05) is 20.8 Å². The molecule has 20 heavy (non-hydrogen) atoms. The van der Waals surface area contributed by atoms with Crippen LogP contribution in [0.2, 0.25) is 0 Å². The third-order valence-corrected chi connectivity index (χ3v) is 2.95. The fourth-order valence-electron chi connectivity index (χ4n) is 1.96. The van der Waals surface area contributed by atoms with Gasteiger partial charge in [0.1, 0.15) is 17.2 Å². The smallest absolute Gasteiger partial charge is 0.322 e. The maximum Gasteiger partial charge on any atom is 0.322 e. The molecule has 1 aromatic carbocycles. The first-order valence-electron chi connectivity index (χ1n) is 6.13. The Bertz CT molecular complexity index is 579. The van der Waals surface area contributed by atoms with Gasteiger partial charge in [0.2, 0.25) is 0 Å². The van der Waals surface area contributed by atoms with Crippen LogP contribution in [0, 0.1) is 5.92 Å². The van der Waals surface area contributed by atoms with Crippen molar-refractivity contribution in [2.24, 2.45) is 10.9 Å². The maximum atomic E-state index is 12.4. The van der Waals surface area contributed by atoms with Gasteiger partial charge in [0.15, 0.2) is 11.7 Å². The third-order valence-electron chi connectivity index (χ3n) is 2.95. The second-order valence-corrected chi connectivity index (χ2v) is 4.10. The molecule has 106 valence electrons. The number of benzene rings is 1. The van der Waals surface area contributed by atoms with Crippen LogP contribution in [-0.4, -0.2) is 38.8 Å². The lowest BCUT2D eigenvalue weighted by Gasteiger charge is -2.18. The highest BCUT2D eigenvalue weighted by atomic mass is 16.5. The fourth-order valence-corrected chi connectivity index (χ4v) is 1.96. The summed E-state index contributed by atoms with van der Waals surface area (Å²) in [7, 11) is 2.97. The molecule has 0 saturated heterocycles. The van der Waals surface area contributed by atoms with Gasteiger partial charge >= 0.3 is 5.97 Å². The van der Waals surface area contributed by atoms with Gasteiger partial charge in [-0.2, -0.15) is 0 Å². The lowest BCUT2D eigenvalue weighted by atomic mass is 9.94. The largest absolute Gasteiger partial charge is 0.497 e. The van der Waals surface area contributed by atoms with E-state index in [1.165, 1.54) is 20.4 Å². The van der Waals surface area contributed by atoms with Gasteiger partial charge in [0.05, 0.1) is 26.4 Å². The number of carbonyl (C=O) groups is 2. The van der Waals surface area contributed by atoms with E-state index < -0.39 is 11.9 Å². The molecular weight excluding hydrogens is 262 g/mol. The van der Waals surface area contributed by atoms with Crippen molar-refractivity contribution in [3.05, 3.63) is 17.7 Å². The standard InChI is InChI=1S/C14H15NO5/c1-4-20-14(17)10-7-15-12-9(13(10)16)5-8(18-2)6-11(12)19-3/h5-7,10H,4H2,1-3H3. The number of ether oxygens (including phenoxy) is 3. The summed E-state index contributed by atoms with van der Waals surface area (Å²) < 4.78 is 15.2. The monoisotopic (exact) mass is 277 g/mol. The minimum atomic E-state index is -1.01. The second kappa shape index (κ2) is 5.73. The molecule has 0 radical (unpaired) electrons. The van der Waals surface area contributed by atoms with Crippen molar-refractivity contribution >= 4 is 23.7 Å². The zero-order valence-corrected chi connectivity index (χ0v) is 11.5. The molecule has 0 aromatic heterocycles. The number of methoxy groups -OCH3 is 2. The van der Waals surface area contributed by atoms with E-state index in [2.05, 4.69) is 4.99 Å². The lowest BCUT2D eigenvalue weighted by molar-refractivity contribution is -0.144. The van der Waals surface area contributed by atoms with E-state index in [0.29, 0.717) is 22.7 Å². The van der Waals surface area contributed by atoms with Gasteiger partial charge in [0, 0.05) is 12.3 Å². The highest BCUT2D eigenvalue weighted by Crippen LogP contribution is 2.39. The summed E-state index contributed by atoms with van der Waals surface area (Å²) in [6.07, 6.45) is 1.29. The molecule has 0 bridgehead atoms. The average molecular weight is 277 g/mol. The first-order chi connectivity index (χ1) is 9.62. The fraction of sp³-hybridized carbons (Fsp3) is 0.357. The van der Waals surface area contributed by atoms with Crippen LogP contribution in [0.25, 0.3) is 0 Å². The van der Waals surface area contributed by atoms with Crippen molar-refractivity contribution in [1.29, 1.82) is 0 Å². The molecule has 0 fully saturated rings. The molecule has 1 aromatic rings. The first kappa shape index (κ1) is 14.0. The van der Waals surface area contributed by atoms with Crippen LogP contribution in [0.3, 0.4) is 0 Å². The predicted molar refractivity (Wildman–Crippen MR) is 72.2 cm³/mol. The van der Waals surface area contributed by atoms with Crippen molar-refractivity contribution in [3.8, 4) is 11.5 Å². The quantitative estimate of drug-likeness (QED) is 0.619. The van der Waals surface area contributed by atoms with Crippen molar-refractivity contribution < 1.29 is 23.8 Å². The van der Waals surface area contributed by atoms with Crippen LogP contribution in [0.15, 0.2) is 17.1 Å². The number of esters is 1. The van der Waals surface area contributed by atoms with Crippen LogP contribution in [0.1, 0.15) is 17.3 Å². The molecule has 0 N–H and O–H groups in total. The summed E-state index contributed by atoms with van der Waals surface area (Å²) in [6, 6.07) is 3.18. The van der Waals surface area contributed by atoms with E-state index in [1.807, 2.05) is 0 Å². The number of aliphatic imine (C=N–C) groups is 1. The Hall–Kier alpha value is -2.37. The summed E-state index contributed by atoms with van der Waals surface area (Å²) in [5.41, 5.74) is 0.695. The number of nitrogens with zero attached hydrogens (tertiary/aromatic N) is 1. The summed E-state index contributed by atoms with van der Waals surface area (Å²) in [5, 5.41) is 0. The van der Waals surface area contributed by atoms with Gasteiger partial charge in [-0.05, 0) is 13.0 Å². The molecule has 1 heterocycles. The molecule has 0 amide bonds. The van der Waals surface area contributed by atoms with Gasteiger partial charge in [0.25, 0.3) is 0 Å². The highest BCUT2D eigenvalue weighted by Gasteiger charge is 2.33. The van der Waals surface area contributed by atoms with Gasteiger partial charge in [-0.3, -0.25) is 14.6 Å². The van der Waals surface area contributed by atoms with E-state index in [9.17, 15) is 9.59 Å². The average Bonchev–Trinajstić information content (AvgIpc) is 2.46. The van der Waals surface area contributed by atoms with Crippen molar-refractivity contribution in [1.82, 2.24) is 0 Å². The Labute approximate surface area is 116 Å². The van der Waals surface area contributed by atoms with E-state index in [0.717, 1.165) is 0 Å². The number of Topliss-reactive ketones (excluding diaryl/α,β-unsaturated/α-hetero) is 1. The minimum Gasteiger partial charge on any atom is -0.497 e. The second-order valence-electron chi connectivity index (χ2n) is 4.10. The van der Waals surface area contributed by atoms with Crippen molar-refractivity contribution in [2.45, 2.75) is 6.92 Å². The zero-order chi connectivity index (χ0) is 14.7. The SMILES string of the molecule is CCOC(=O)C1C=Nc2c(OC)cc(OC)cc2C1=O. The normalized spacial score (nSPS) is 16.6. The molecule has 0 saturated carbocycles. The number of ketones is 1. The van der Waals surface area contributed by atoms with E-state index in [1.54, 1.807) is 19.1 Å². The maximum absolute atomic E-state index is 12.4. The summed E-state index contributed by atoms with van der Waals surface area (Å²) >= 11 is 0.